The number of pyridine rings is 1. The molecule has 42 heavy (non-hydrogen) atoms. The van der Waals surface area contributed by atoms with Crippen LogP contribution in [0, 0.1) is 5.92 Å². The number of piperidine rings is 1. The summed E-state index contributed by atoms with van der Waals surface area (Å²) in [7, 11) is 0. The second-order valence-electron chi connectivity index (χ2n) is 10.7. The quantitative estimate of drug-likeness (QED) is 0.396. The fourth-order valence-electron chi connectivity index (χ4n) is 5.30. The van der Waals surface area contributed by atoms with Crippen LogP contribution >= 0.6 is 11.6 Å². The van der Waals surface area contributed by atoms with Crippen LogP contribution in [0.5, 0.6) is 0 Å². The number of oxazole rings is 1. The summed E-state index contributed by atoms with van der Waals surface area (Å²) in [6, 6.07) is 10.3. The van der Waals surface area contributed by atoms with Gasteiger partial charge in [-0.05, 0) is 48.9 Å². The van der Waals surface area contributed by atoms with Gasteiger partial charge in [0.05, 0.1) is 18.3 Å². The van der Waals surface area contributed by atoms with E-state index in [1.807, 2.05) is 34.9 Å². The van der Waals surface area contributed by atoms with E-state index in [1.165, 1.54) is 6.20 Å². The minimum Gasteiger partial charge on any atom is -0.417 e. The molecule has 9 nitrogen and oxygen atoms in total. The van der Waals surface area contributed by atoms with Gasteiger partial charge in [0.1, 0.15) is 5.82 Å². The first kappa shape index (κ1) is 29.7. The number of benzene rings is 1. The van der Waals surface area contributed by atoms with Gasteiger partial charge in [-0.3, -0.25) is 9.59 Å². The number of hydrogen-bond donors (Lipinski definition) is 1. The predicted octanol–water partition coefficient (Wildman–Crippen LogP) is 5.51. The van der Waals surface area contributed by atoms with Crippen LogP contribution in [0.1, 0.15) is 48.0 Å². The van der Waals surface area contributed by atoms with Gasteiger partial charge >= 0.3 is 6.18 Å². The van der Waals surface area contributed by atoms with Gasteiger partial charge in [0.15, 0.2) is 5.69 Å². The summed E-state index contributed by atoms with van der Waals surface area (Å²) in [5, 5.41) is 3.02. The maximum atomic E-state index is 13.7. The number of anilines is 3. The molecule has 2 aromatic heterocycles. The molecule has 2 aliphatic rings. The molecule has 1 unspecified atom stereocenters. The van der Waals surface area contributed by atoms with Gasteiger partial charge in [0.2, 0.25) is 11.7 Å². The Hall–Kier alpha value is -3.80. The van der Waals surface area contributed by atoms with Gasteiger partial charge in [-0.1, -0.05) is 36.7 Å². The molecule has 5 rings (SSSR count). The molecular formula is C29H32ClF3N6O3. The topological polar surface area (TPSA) is 94.8 Å². The number of hydrogen-bond acceptors (Lipinski definition) is 7. The normalized spacial score (nSPS) is 18.1. The van der Waals surface area contributed by atoms with E-state index in [4.69, 9.17) is 16.0 Å². The van der Waals surface area contributed by atoms with Crippen molar-refractivity contribution in [2.75, 3.05) is 54.4 Å². The highest BCUT2D eigenvalue weighted by Crippen LogP contribution is 2.35. The summed E-state index contributed by atoms with van der Waals surface area (Å²) < 4.78 is 46.6. The molecule has 2 saturated heterocycles. The van der Waals surface area contributed by atoms with Crippen molar-refractivity contribution >= 4 is 40.9 Å². The summed E-state index contributed by atoms with van der Waals surface area (Å²) in [6.07, 6.45) is -0.734. The van der Waals surface area contributed by atoms with Crippen molar-refractivity contribution in [1.82, 2.24) is 14.9 Å². The zero-order chi connectivity index (χ0) is 29.9. The zero-order valence-corrected chi connectivity index (χ0v) is 23.9. The van der Waals surface area contributed by atoms with Crippen molar-refractivity contribution in [3.8, 4) is 0 Å². The first-order valence-corrected chi connectivity index (χ1v) is 14.3. The van der Waals surface area contributed by atoms with Gasteiger partial charge in [0.25, 0.3) is 11.9 Å². The zero-order valence-electron chi connectivity index (χ0n) is 23.2. The number of rotatable bonds is 6. The molecule has 2 fully saturated rings. The molecule has 2 amide bonds. The van der Waals surface area contributed by atoms with Crippen LogP contribution in [-0.2, 0) is 17.4 Å². The monoisotopic (exact) mass is 604 g/mol. The van der Waals surface area contributed by atoms with Gasteiger partial charge in [0, 0.05) is 44.3 Å². The average Bonchev–Trinajstić information content (AvgIpc) is 3.28. The van der Waals surface area contributed by atoms with Crippen molar-refractivity contribution in [3.05, 3.63) is 64.6 Å². The fourth-order valence-corrected chi connectivity index (χ4v) is 5.50. The third kappa shape index (κ3) is 6.97. The van der Waals surface area contributed by atoms with Crippen molar-refractivity contribution in [2.45, 2.75) is 38.8 Å². The van der Waals surface area contributed by atoms with E-state index in [-0.39, 0.29) is 29.9 Å². The first-order valence-electron chi connectivity index (χ1n) is 13.9. The Balaban J connectivity index is 1.21. The van der Waals surface area contributed by atoms with Crippen LogP contribution in [0.4, 0.5) is 30.7 Å². The molecule has 0 radical (unpaired) electrons. The lowest BCUT2D eigenvalue weighted by molar-refractivity contribution is -0.141. The lowest BCUT2D eigenvalue weighted by Gasteiger charge is -2.29. The largest absolute Gasteiger partial charge is 0.437 e. The average molecular weight is 605 g/mol. The van der Waals surface area contributed by atoms with E-state index < -0.39 is 23.5 Å². The maximum Gasteiger partial charge on any atom is 0.437 e. The number of carbonyl (C=O) groups excluding carboxylic acids is 2. The summed E-state index contributed by atoms with van der Waals surface area (Å²) in [4.78, 5) is 39.3. The fraction of sp³-hybridized carbons (Fsp3) is 0.448. The van der Waals surface area contributed by atoms with Crippen molar-refractivity contribution in [1.29, 1.82) is 0 Å². The van der Waals surface area contributed by atoms with Crippen molar-refractivity contribution in [2.24, 2.45) is 5.92 Å². The van der Waals surface area contributed by atoms with E-state index in [2.05, 4.69) is 15.3 Å². The summed E-state index contributed by atoms with van der Waals surface area (Å²) in [5.74, 6) is -1.02. The molecule has 224 valence electrons. The summed E-state index contributed by atoms with van der Waals surface area (Å²) in [5.41, 5.74) is -0.349. The molecule has 1 atom stereocenters. The van der Waals surface area contributed by atoms with E-state index in [1.54, 1.807) is 23.1 Å². The Kier molecular flexibility index (Phi) is 8.91. The Morgan fingerprint density at radius 1 is 1.05 bits per heavy atom. The van der Waals surface area contributed by atoms with Crippen molar-refractivity contribution < 1.29 is 27.2 Å². The minimum atomic E-state index is -4.85. The Morgan fingerprint density at radius 2 is 1.83 bits per heavy atom. The van der Waals surface area contributed by atoms with Crippen LogP contribution in [-0.4, -0.2) is 66.0 Å². The predicted molar refractivity (Wildman–Crippen MR) is 153 cm³/mol. The van der Waals surface area contributed by atoms with Crippen LogP contribution in [0.15, 0.2) is 47.0 Å². The molecular weight excluding hydrogens is 573 g/mol. The number of aromatic nitrogens is 2. The molecule has 4 heterocycles. The van der Waals surface area contributed by atoms with Crippen molar-refractivity contribution in [3.63, 3.8) is 0 Å². The second kappa shape index (κ2) is 12.6. The molecule has 13 heteroatoms. The van der Waals surface area contributed by atoms with E-state index in [0.717, 1.165) is 24.8 Å². The Labute approximate surface area is 246 Å². The SMILES string of the molecule is CC1CCCN(c2nc(C(F)(F)F)c(C(=O)Nc3ccc(N4CCCN(C(=O)Cc5ccccc5Cl)CC4)nc3)o2)C1. The molecule has 2 aliphatic heterocycles. The number of amides is 2. The van der Waals surface area contributed by atoms with Gasteiger partial charge in [-0.2, -0.15) is 18.2 Å². The number of nitrogens with one attached hydrogen (secondary N) is 1. The third-order valence-electron chi connectivity index (χ3n) is 7.50. The highest BCUT2D eigenvalue weighted by atomic mass is 35.5. The van der Waals surface area contributed by atoms with Gasteiger partial charge < -0.3 is 24.4 Å². The standard InChI is InChI=1S/C29H32ClF3N6O3/c1-19-6-4-11-39(18-19)28-36-26(29(31,32)33)25(42-28)27(41)35-21-9-10-23(34-17-21)37-12-5-13-38(15-14-37)24(40)16-20-7-2-3-8-22(20)30/h2-3,7-10,17,19H,4-6,11-16,18H2,1H3,(H,35,41). The Bertz CT molecular complexity index is 1410. The highest BCUT2D eigenvalue weighted by Gasteiger charge is 2.42. The first-order chi connectivity index (χ1) is 20.1. The van der Waals surface area contributed by atoms with Crippen LogP contribution in [0.2, 0.25) is 5.02 Å². The Morgan fingerprint density at radius 3 is 2.55 bits per heavy atom. The van der Waals surface area contributed by atoms with Crippen LogP contribution < -0.4 is 15.1 Å². The highest BCUT2D eigenvalue weighted by molar-refractivity contribution is 6.31. The number of carbonyl (C=O) groups is 2. The molecule has 0 aliphatic carbocycles. The summed E-state index contributed by atoms with van der Waals surface area (Å²) >= 11 is 6.21. The van der Waals surface area contributed by atoms with E-state index in [0.29, 0.717) is 50.1 Å². The molecule has 0 bridgehead atoms. The smallest absolute Gasteiger partial charge is 0.417 e. The number of nitrogens with zero attached hydrogens (tertiary/aromatic N) is 5. The van der Waals surface area contributed by atoms with Crippen LogP contribution in [0.3, 0.4) is 0 Å². The maximum absolute atomic E-state index is 13.7. The number of alkyl halides is 3. The summed E-state index contributed by atoms with van der Waals surface area (Å²) in [6.45, 7) is 5.36. The third-order valence-corrected chi connectivity index (χ3v) is 7.86. The van der Waals surface area contributed by atoms with Gasteiger partial charge in [-0.15, -0.1) is 0 Å². The molecule has 1 N–H and O–H groups in total. The molecule has 0 spiro atoms. The van der Waals surface area contributed by atoms with Crippen LogP contribution in [0.25, 0.3) is 0 Å². The van der Waals surface area contributed by atoms with Gasteiger partial charge in [-0.25, -0.2) is 4.98 Å². The molecule has 3 aromatic rings. The lowest BCUT2D eigenvalue weighted by atomic mass is 10.0. The second-order valence-corrected chi connectivity index (χ2v) is 11.1. The number of halogens is 4. The molecule has 0 saturated carbocycles. The minimum absolute atomic E-state index is 0.000400. The van der Waals surface area contributed by atoms with E-state index in [9.17, 15) is 22.8 Å². The lowest BCUT2D eigenvalue weighted by Crippen LogP contribution is -2.36. The molecule has 1 aromatic carbocycles. The van der Waals surface area contributed by atoms with E-state index >= 15 is 0 Å².